The third-order valence-corrected chi connectivity index (χ3v) is 3.69. The van der Waals surface area contributed by atoms with Crippen LogP contribution in [-0.2, 0) is 0 Å². The third-order valence-electron chi connectivity index (χ3n) is 3.69. The average molecular weight is 245 g/mol. The zero-order chi connectivity index (χ0) is 12.5. The van der Waals surface area contributed by atoms with E-state index in [1.807, 2.05) is 23.0 Å². The molecule has 1 unspecified atom stereocenters. The largest absolute Gasteiger partial charge is 0.279 e. The van der Waals surface area contributed by atoms with Gasteiger partial charge in [-0.2, -0.15) is 0 Å². The molecular weight excluding hydrogens is 226 g/mol. The van der Waals surface area contributed by atoms with Crippen LogP contribution >= 0.6 is 0 Å². The summed E-state index contributed by atoms with van der Waals surface area (Å²) < 4.78 is 1.99. The Morgan fingerprint density at radius 2 is 2.22 bits per heavy atom. The number of hydrogen-bond acceptors (Lipinski definition) is 4. The zero-order valence-electron chi connectivity index (χ0n) is 11.0. The van der Waals surface area contributed by atoms with Crippen LogP contribution in [-0.4, -0.2) is 37.5 Å². The lowest BCUT2D eigenvalue weighted by Gasteiger charge is -2.38. The van der Waals surface area contributed by atoms with Crippen LogP contribution in [0.5, 0.6) is 0 Å². The summed E-state index contributed by atoms with van der Waals surface area (Å²) >= 11 is 0. The highest BCUT2D eigenvalue weighted by atomic mass is 15.5. The van der Waals surface area contributed by atoms with Crippen LogP contribution < -0.4 is 0 Å². The topological polar surface area (TPSA) is 46.8 Å². The summed E-state index contributed by atoms with van der Waals surface area (Å²) in [5.74, 6) is 0. The third kappa shape index (κ3) is 1.88. The molecule has 0 saturated carbocycles. The Hall–Kier alpha value is -1.49. The second-order valence-corrected chi connectivity index (χ2v) is 5.19. The summed E-state index contributed by atoms with van der Waals surface area (Å²) in [6, 6.07) is 4.40. The Bertz CT molecular complexity index is 533. The van der Waals surface area contributed by atoms with Crippen molar-refractivity contribution in [1.82, 2.24) is 24.9 Å². The van der Waals surface area contributed by atoms with Crippen molar-refractivity contribution in [2.45, 2.75) is 45.3 Å². The van der Waals surface area contributed by atoms with Crippen LogP contribution in [0.2, 0.25) is 0 Å². The molecular formula is C13H19N5. The molecule has 2 aromatic heterocycles. The summed E-state index contributed by atoms with van der Waals surface area (Å²) in [4.78, 5) is 6.91. The Labute approximate surface area is 107 Å². The maximum atomic E-state index is 4.42. The maximum Gasteiger partial charge on any atom is 0.180 e. The maximum absolute atomic E-state index is 4.42. The fourth-order valence-electron chi connectivity index (χ4n) is 2.78. The Balaban J connectivity index is 2.01. The van der Waals surface area contributed by atoms with Crippen LogP contribution in [0, 0.1) is 0 Å². The van der Waals surface area contributed by atoms with Gasteiger partial charge in [0.05, 0.1) is 0 Å². The number of pyridine rings is 1. The molecule has 0 aromatic carbocycles. The van der Waals surface area contributed by atoms with E-state index in [4.69, 9.17) is 0 Å². The minimum absolute atomic E-state index is 0.304. The number of nitrogens with zero attached hydrogens (tertiary/aromatic N) is 5. The number of aromatic nitrogens is 4. The first-order chi connectivity index (χ1) is 8.77. The molecule has 1 saturated heterocycles. The number of rotatable bonds is 2. The Morgan fingerprint density at radius 3 is 3.06 bits per heavy atom. The fraction of sp³-hybridized carbons (Fsp3) is 0.615. The van der Waals surface area contributed by atoms with Gasteiger partial charge in [0.25, 0.3) is 0 Å². The molecule has 0 N–H and O–H groups in total. The van der Waals surface area contributed by atoms with Crippen molar-refractivity contribution in [2.75, 3.05) is 6.54 Å². The van der Waals surface area contributed by atoms with Gasteiger partial charge in [-0.25, -0.2) is 9.67 Å². The predicted octanol–water partition coefficient (Wildman–Crippen LogP) is 2.22. The monoisotopic (exact) mass is 245 g/mol. The second-order valence-electron chi connectivity index (χ2n) is 5.19. The molecule has 2 aromatic rings. The molecule has 18 heavy (non-hydrogen) atoms. The van der Waals surface area contributed by atoms with Gasteiger partial charge in [0.1, 0.15) is 11.7 Å². The molecule has 5 heteroatoms. The van der Waals surface area contributed by atoms with Crippen LogP contribution in [0.15, 0.2) is 18.3 Å². The van der Waals surface area contributed by atoms with Crippen molar-refractivity contribution in [2.24, 2.45) is 0 Å². The molecule has 1 aliphatic heterocycles. The molecule has 3 rings (SSSR count). The van der Waals surface area contributed by atoms with E-state index in [2.05, 4.69) is 34.0 Å². The molecule has 0 bridgehead atoms. The first kappa shape index (κ1) is 11.6. The molecule has 1 fully saturated rings. The minimum atomic E-state index is 0.304. The van der Waals surface area contributed by atoms with Crippen molar-refractivity contribution < 1.29 is 0 Å². The lowest BCUT2D eigenvalue weighted by molar-refractivity contribution is 0.0569. The van der Waals surface area contributed by atoms with Crippen molar-refractivity contribution >= 4 is 11.2 Å². The molecule has 0 spiro atoms. The highest BCUT2D eigenvalue weighted by Gasteiger charge is 2.28. The Morgan fingerprint density at radius 1 is 1.33 bits per heavy atom. The summed E-state index contributed by atoms with van der Waals surface area (Å²) in [6.45, 7) is 5.62. The fourth-order valence-corrected chi connectivity index (χ4v) is 2.78. The highest BCUT2D eigenvalue weighted by molar-refractivity contribution is 5.68. The van der Waals surface area contributed by atoms with E-state index in [1.165, 1.54) is 12.8 Å². The predicted molar refractivity (Wildman–Crippen MR) is 70.1 cm³/mol. The first-order valence-corrected chi connectivity index (χ1v) is 6.69. The van der Waals surface area contributed by atoms with E-state index in [0.717, 1.165) is 24.1 Å². The van der Waals surface area contributed by atoms with Crippen LogP contribution in [0.4, 0.5) is 0 Å². The van der Waals surface area contributed by atoms with Crippen molar-refractivity contribution in [3.05, 3.63) is 18.3 Å². The molecule has 3 heterocycles. The molecule has 0 radical (unpaired) electrons. The van der Waals surface area contributed by atoms with E-state index >= 15 is 0 Å². The van der Waals surface area contributed by atoms with Gasteiger partial charge in [0.2, 0.25) is 0 Å². The van der Waals surface area contributed by atoms with Gasteiger partial charge in [0.15, 0.2) is 5.65 Å². The SMILES string of the molecule is CC(C)N1CCCCC1n1nnc2cccnc21. The van der Waals surface area contributed by atoms with Crippen LogP contribution in [0.3, 0.4) is 0 Å². The van der Waals surface area contributed by atoms with E-state index < -0.39 is 0 Å². The van der Waals surface area contributed by atoms with E-state index in [0.29, 0.717) is 12.2 Å². The number of fused-ring (bicyclic) bond motifs is 1. The van der Waals surface area contributed by atoms with Crippen molar-refractivity contribution in [1.29, 1.82) is 0 Å². The van der Waals surface area contributed by atoms with E-state index in [9.17, 15) is 0 Å². The standard InChI is InChI=1S/C13H19N5/c1-10(2)17-9-4-3-7-12(17)18-13-11(15-16-18)6-5-8-14-13/h5-6,8,10,12H,3-4,7,9H2,1-2H3. The van der Waals surface area contributed by atoms with Gasteiger partial charge in [0, 0.05) is 18.8 Å². The molecule has 1 aliphatic rings. The molecule has 0 aliphatic carbocycles. The molecule has 1 atom stereocenters. The normalized spacial score (nSPS) is 21.8. The van der Waals surface area contributed by atoms with Crippen molar-refractivity contribution in [3.63, 3.8) is 0 Å². The first-order valence-electron chi connectivity index (χ1n) is 6.69. The minimum Gasteiger partial charge on any atom is -0.279 e. The van der Waals surface area contributed by atoms with Crippen LogP contribution in [0.1, 0.15) is 39.3 Å². The molecule has 5 nitrogen and oxygen atoms in total. The van der Waals surface area contributed by atoms with E-state index in [-0.39, 0.29) is 0 Å². The number of piperidine rings is 1. The van der Waals surface area contributed by atoms with Gasteiger partial charge < -0.3 is 0 Å². The van der Waals surface area contributed by atoms with Gasteiger partial charge in [-0.05, 0) is 45.2 Å². The van der Waals surface area contributed by atoms with Gasteiger partial charge >= 0.3 is 0 Å². The summed E-state index contributed by atoms with van der Waals surface area (Å²) in [7, 11) is 0. The summed E-state index contributed by atoms with van der Waals surface area (Å²) in [5, 5.41) is 8.53. The Kier molecular flexibility index (Phi) is 2.99. The number of likely N-dealkylation sites (tertiary alicyclic amines) is 1. The lowest BCUT2D eigenvalue weighted by atomic mass is 10.1. The molecule has 0 amide bonds. The van der Waals surface area contributed by atoms with Gasteiger partial charge in [-0.3, -0.25) is 4.90 Å². The van der Waals surface area contributed by atoms with Gasteiger partial charge in [-0.15, -0.1) is 5.10 Å². The average Bonchev–Trinajstić information content (AvgIpc) is 2.82. The second kappa shape index (κ2) is 4.65. The molecule has 96 valence electrons. The van der Waals surface area contributed by atoms with Gasteiger partial charge in [-0.1, -0.05) is 5.21 Å². The lowest BCUT2D eigenvalue weighted by Crippen LogP contribution is -2.41. The quantitative estimate of drug-likeness (QED) is 0.814. The summed E-state index contributed by atoms with van der Waals surface area (Å²) in [6.07, 6.45) is 5.77. The number of hydrogen-bond donors (Lipinski definition) is 0. The summed E-state index contributed by atoms with van der Waals surface area (Å²) in [5.41, 5.74) is 1.78. The van der Waals surface area contributed by atoms with E-state index in [1.54, 1.807) is 0 Å². The zero-order valence-corrected chi connectivity index (χ0v) is 11.0. The highest BCUT2D eigenvalue weighted by Crippen LogP contribution is 2.28. The van der Waals surface area contributed by atoms with Crippen LogP contribution in [0.25, 0.3) is 11.2 Å². The van der Waals surface area contributed by atoms with Crippen molar-refractivity contribution in [3.8, 4) is 0 Å². The smallest absolute Gasteiger partial charge is 0.180 e.